The first-order valence-electron chi connectivity index (χ1n) is 5.91. The minimum atomic E-state index is -3.30. The first-order chi connectivity index (χ1) is 9.67. The number of carbonyl (C=O) groups is 2. The molecule has 0 heterocycles. The summed E-state index contributed by atoms with van der Waals surface area (Å²) >= 11 is 5.70. The van der Waals surface area contributed by atoms with E-state index in [1.807, 2.05) is 0 Å². The second-order valence-electron chi connectivity index (χ2n) is 4.41. The van der Waals surface area contributed by atoms with Crippen molar-refractivity contribution in [3.63, 3.8) is 0 Å². The normalized spacial score (nSPS) is 12.5. The number of benzene rings is 1. The molecule has 9 heteroatoms. The van der Waals surface area contributed by atoms with Gasteiger partial charge >= 0.3 is 12.0 Å². The van der Waals surface area contributed by atoms with Gasteiger partial charge in [0, 0.05) is 17.0 Å². The van der Waals surface area contributed by atoms with Crippen LogP contribution in [0.5, 0.6) is 0 Å². The van der Waals surface area contributed by atoms with Gasteiger partial charge < -0.3 is 15.7 Å². The second-order valence-corrected chi connectivity index (χ2v) is 7.11. The Labute approximate surface area is 127 Å². The lowest BCUT2D eigenvalue weighted by Gasteiger charge is -2.14. The average Bonchev–Trinajstić information content (AvgIpc) is 2.36. The molecule has 1 atom stereocenters. The largest absolute Gasteiger partial charge is 0.480 e. The number of carbonyl (C=O) groups excluding carboxylic acids is 1. The third kappa shape index (κ3) is 6.96. The average molecular weight is 335 g/mol. The Morgan fingerprint density at radius 3 is 2.33 bits per heavy atom. The summed E-state index contributed by atoms with van der Waals surface area (Å²) in [5, 5.41) is 14.1. The zero-order valence-electron chi connectivity index (χ0n) is 11.2. The summed E-state index contributed by atoms with van der Waals surface area (Å²) in [6, 6.07) is 4.21. The van der Waals surface area contributed by atoms with E-state index in [9.17, 15) is 18.0 Å². The van der Waals surface area contributed by atoms with E-state index >= 15 is 0 Å². The molecule has 2 amide bonds. The Bertz CT molecular complexity index is 615. The third-order valence-electron chi connectivity index (χ3n) is 2.48. The van der Waals surface area contributed by atoms with Crippen LogP contribution < -0.4 is 10.6 Å². The summed E-state index contributed by atoms with van der Waals surface area (Å²) in [6.07, 6.45) is 0.794. The molecule has 0 bridgehead atoms. The van der Waals surface area contributed by atoms with Gasteiger partial charge in [-0.2, -0.15) is 0 Å². The molecule has 3 N–H and O–H groups in total. The van der Waals surface area contributed by atoms with Crippen molar-refractivity contribution in [2.45, 2.75) is 12.5 Å². The van der Waals surface area contributed by atoms with Crippen LogP contribution in [-0.4, -0.2) is 43.6 Å². The summed E-state index contributed by atoms with van der Waals surface area (Å²) in [5.41, 5.74) is 0.434. The molecule has 0 fully saturated rings. The number of hydrogen-bond donors (Lipinski definition) is 3. The molecule has 116 valence electrons. The van der Waals surface area contributed by atoms with Crippen LogP contribution in [0.4, 0.5) is 10.5 Å². The molecule has 1 rings (SSSR count). The lowest BCUT2D eigenvalue weighted by molar-refractivity contribution is -0.139. The van der Waals surface area contributed by atoms with Crippen LogP contribution in [0, 0.1) is 0 Å². The fourth-order valence-corrected chi connectivity index (χ4v) is 2.24. The van der Waals surface area contributed by atoms with Crippen LogP contribution >= 0.6 is 11.6 Å². The topological polar surface area (TPSA) is 113 Å². The highest BCUT2D eigenvalue weighted by Crippen LogP contribution is 2.13. The van der Waals surface area contributed by atoms with Crippen molar-refractivity contribution >= 4 is 39.1 Å². The molecule has 1 aromatic carbocycles. The molecule has 0 spiro atoms. The zero-order valence-corrected chi connectivity index (χ0v) is 12.7. The van der Waals surface area contributed by atoms with E-state index in [-0.39, 0.29) is 12.2 Å². The van der Waals surface area contributed by atoms with Gasteiger partial charge in [-0.05, 0) is 30.7 Å². The van der Waals surface area contributed by atoms with Crippen molar-refractivity contribution in [3.8, 4) is 0 Å². The van der Waals surface area contributed by atoms with Gasteiger partial charge in [-0.3, -0.25) is 0 Å². The van der Waals surface area contributed by atoms with E-state index in [0.29, 0.717) is 10.7 Å². The van der Waals surface area contributed by atoms with Crippen LogP contribution in [-0.2, 0) is 14.6 Å². The van der Waals surface area contributed by atoms with Gasteiger partial charge in [0.2, 0.25) is 0 Å². The van der Waals surface area contributed by atoms with E-state index in [4.69, 9.17) is 16.7 Å². The van der Waals surface area contributed by atoms with Gasteiger partial charge in [0.05, 0.1) is 5.75 Å². The Kier molecular flexibility index (Phi) is 5.98. The number of carboxylic acid groups (broad SMARTS) is 1. The molecule has 0 saturated carbocycles. The number of amides is 2. The maximum atomic E-state index is 11.7. The molecule has 21 heavy (non-hydrogen) atoms. The zero-order chi connectivity index (χ0) is 16.0. The van der Waals surface area contributed by atoms with Crippen LogP contribution in [0.1, 0.15) is 6.42 Å². The van der Waals surface area contributed by atoms with Crippen molar-refractivity contribution in [2.75, 3.05) is 17.3 Å². The van der Waals surface area contributed by atoms with Crippen molar-refractivity contribution in [1.29, 1.82) is 0 Å². The van der Waals surface area contributed by atoms with Crippen molar-refractivity contribution < 1.29 is 23.1 Å². The molecule has 1 aromatic rings. The number of hydrogen-bond acceptors (Lipinski definition) is 4. The minimum absolute atomic E-state index is 0.206. The van der Waals surface area contributed by atoms with E-state index in [2.05, 4.69) is 10.6 Å². The molecular formula is C12H15ClN2O5S. The predicted octanol–water partition coefficient (Wildman–Crippen LogP) is 1.35. The first kappa shape index (κ1) is 17.3. The predicted molar refractivity (Wildman–Crippen MR) is 79.4 cm³/mol. The van der Waals surface area contributed by atoms with Gasteiger partial charge in [0.15, 0.2) is 0 Å². The standard InChI is InChI=1S/C12H15ClN2O5S/c1-21(19,20)7-6-10(11(16)17)15-12(18)14-9-4-2-8(13)3-5-9/h2-5,10H,6-7H2,1H3,(H,16,17)(H2,14,15,18). The molecule has 7 nitrogen and oxygen atoms in total. The van der Waals surface area contributed by atoms with Crippen molar-refractivity contribution in [1.82, 2.24) is 5.32 Å². The number of rotatable bonds is 6. The molecule has 0 aliphatic heterocycles. The Morgan fingerprint density at radius 2 is 1.86 bits per heavy atom. The molecule has 1 unspecified atom stereocenters. The number of carboxylic acids is 1. The highest BCUT2D eigenvalue weighted by molar-refractivity contribution is 7.90. The summed E-state index contributed by atoms with van der Waals surface area (Å²) in [6.45, 7) is 0. The van der Waals surface area contributed by atoms with E-state index in [1.165, 1.54) is 0 Å². The molecule has 0 radical (unpaired) electrons. The molecule has 0 aliphatic rings. The third-order valence-corrected chi connectivity index (χ3v) is 3.71. The van der Waals surface area contributed by atoms with E-state index in [0.717, 1.165) is 6.26 Å². The summed E-state index contributed by atoms with van der Waals surface area (Å²) in [7, 11) is -3.30. The van der Waals surface area contributed by atoms with Gasteiger partial charge in [-0.15, -0.1) is 0 Å². The van der Waals surface area contributed by atoms with Crippen molar-refractivity contribution in [2.24, 2.45) is 0 Å². The first-order valence-corrected chi connectivity index (χ1v) is 8.35. The van der Waals surface area contributed by atoms with Crippen LogP contribution in [0.25, 0.3) is 0 Å². The number of anilines is 1. The Balaban J connectivity index is 2.60. The highest BCUT2D eigenvalue weighted by atomic mass is 35.5. The van der Waals surface area contributed by atoms with E-state index < -0.39 is 27.9 Å². The number of aliphatic carboxylic acids is 1. The second kappa shape index (κ2) is 7.28. The van der Waals surface area contributed by atoms with Crippen LogP contribution in [0.2, 0.25) is 5.02 Å². The summed E-state index contributed by atoms with van der Waals surface area (Å²) in [5.74, 6) is -1.63. The van der Waals surface area contributed by atoms with Gasteiger partial charge in [-0.25, -0.2) is 18.0 Å². The fourth-order valence-electron chi connectivity index (χ4n) is 1.45. The maximum absolute atomic E-state index is 11.7. The smallest absolute Gasteiger partial charge is 0.326 e. The number of nitrogens with one attached hydrogen (secondary N) is 2. The van der Waals surface area contributed by atoms with Crippen molar-refractivity contribution in [3.05, 3.63) is 29.3 Å². The van der Waals surface area contributed by atoms with Gasteiger partial charge in [-0.1, -0.05) is 11.6 Å². The molecule has 0 aromatic heterocycles. The lowest BCUT2D eigenvalue weighted by atomic mass is 10.2. The lowest BCUT2D eigenvalue weighted by Crippen LogP contribution is -2.43. The Hall–Kier alpha value is -1.80. The van der Waals surface area contributed by atoms with Gasteiger partial charge in [0.25, 0.3) is 0 Å². The van der Waals surface area contributed by atoms with Crippen LogP contribution in [0.3, 0.4) is 0 Å². The highest BCUT2D eigenvalue weighted by Gasteiger charge is 2.21. The molecule has 0 aliphatic carbocycles. The maximum Gasteiger partial charge on any atom is 0.326 e. The van der Waals surface area contributed by atoms with Crippen LogP contribution in [0.15, 0.2) is 24.3 Å². The Morgan fingerprint density at radius 1 is 1.29 bits per heavy atom. The number of urea groups is 1. The number of halogens is 1. The quantitative estimate of drug-likeness (QED) is 0.726. The summed E-state index contributed by atoms with van der Waals surface area (Å²) < 4.78 is 22.1. The summed E-state index contributed by atoms with van der Waals surface area (Å²) in [4.78, 5) is 22.7. The molecular weight excluding hydrogens is 320 g/mol. The molecule has 0 saturated heterocycles. The van der Waals surface area contributed by atoms with E-state index in [1.54, 1.807) is 24.3 Å². The SMILES string of the molecule is CS(=O)(=O)CCC(NC(=O)Nc1ccc(Cl)cc1)C(=O)O. The minimum Gasteiger partial charge on any atom is -0.480 e. The fraction of sp³-hybridized carbons (Fsp3) is 0.333. The monoisotopic (exact) mass is 334 g/mol. The number of sulfone groups is 1. The van der Waals surface area contributed by atoms with Gasteiger partial charge in [0.1, 0.15) is 15.9 Å².